The predicted octanol–water partition coefficient (Wildman–Crippen LogP) is -0.761. The summed E-state index contributed by atoms with van der Waals surface area (Å²) in [6.45, 7) is 0. The summed E-state index contributed by atoms with van der Waals surface area (Å²) in [5.74, 6) is 0. The number of hydrogen-bond donors (Lipinski definition) is 2. The molecule has 0 saturated heterocycles. The van der Waals surface area contributed by atoms with Crippen LogP contribution in [0.5, 0.6) is 0 Å². The van der Waals surface area contributed by atoms with Gasteiger partial charge in [0.2, 0.25) is 0 Å². The highest BCUT2D eigenvalue weighted by Gasteiger charge is 2.04. The molecular weight excluding hydrogens is 132 g/mol. The van der Waals surface area contributed by atoms with Crippen molar-refractivity contribution in [1.82, 2.24) is 20.9 Å². The molecule has 0 radical (unpaired) electrons. The number of amides is 2. The van der Waals surface area contributed by atoms with Crippen molar-refractivity contribution in [2.24, 2.45) is 0 Å². The van der Waals surface area contributed by atoms with E-state index in [9.17, 15) is 4.79 Å². The van der Waals surface area contributed by atoms with Gasteiger partial charge in [-0.25, -0.2) is 15.2 Å². The van der Waals surface area contributed by atoms with E-state index in [-0.39, 0.29) is 6.03 Å². The monoisotopic (exact) mass is 146 g/mol. The number of nitrogens with one attached hydrogen (secondary N) is 2. The highest BCUT2D eigenvalue weighted by atomic mass is 16.2. The van der Waals surface area contributed by atoms with E-state index < -0.39 is 0 Å². The SMILES string of the molecule is CNN(C)C(=O)NN(C)C. The minimum atomic E-state index is -0.187. The molecule has 0 bridgehead atoms. The molecule has 0 saturated carbocycles. The molecule has 5 heteroatoms. The molecule has 0 aromatic carbocycles. The Labute approximate surface area is 60.9 Å². The lowest BCUT2D eigenvalue weighted by Gasteiger charge is -2.19. The van der Waals surface area contributed by atoms with Crippen LogP contribution >= 0.6 is 0 Å². The van der Waals surface area contributed by atoms with Crippen LogP contribution in [0, 0.1) is 0 Å². The molecular formula is C5H14N4O. The third kappa shape index (κ3) is 3.26. The minimum Gasteiger partial charge on any atom is -0.270 e. The molecule has 10 heavy (non-hydrogen) atoms. The second kappa shape index (κ2) is 4.08. The molecule has 0 rings (SSSR count). The molecule has 0 aliphatic carbocycles. The summed E-state index contributed by atoms with van der Waals surface area (Å²) in [6.07, 6.45) is 0. The smallest absolute Gasteiger partial charge is 0.270 e. The molecule has 5 nitrogen and oxygen atoms in total. The number of carbonyl (C=O) groups is 1. The van der Waals surface area contributed by atoms with Crippen molar-refractivity contribution in [2.75, 3.05) is 28.2 Å². The van der Waals surface area contributed by atoms with Crippen LogP contribution in [0.25, 0.3) is 0 Å². The van der Waals surface area contributed by atoms with Crippen LogP contribution in [0.15, 0.2) is 0 Å². The normalized spacial score (nSPS) is 9.70. The summed E-state index contributed by atoms with van der Waals surface area (Å²) >= 11 is 0. The summed E-state index contributed by atoms with van der Waals surface area (Å²) in [7, 11) is 6.82. The first kappa shape index (κ1) is 9.19. The number of nitrogens with zero attached hydrogens (tertiary/aromatic N) is 2. The quantitative estimate of drug-likeness (QED) is 0.503. The Balaban J connectivity index is 3.62. The molecule has 0 atom stereocenters. The molecule has 0 unspecified atom stereocenters. The summed E-state index contributed by atoms with van der Waals surface area (Å²) in [5, 5.41) is 2.93. The first-order valence-corrected chi connectivity index (χ1v) is 2.97. The van der Waals surface area contributed by atoms with E-state index in [0.29, 0.717) is 0 Å². The fraction of sp³-hybridized carbons (Fsp3) is 0.800. The lowest BCUT2D eigenvalue weighted by Crippen LogP contribution is -2.48. The Morgan fingerprint density at radius 3 is 2.10 bits per heavy atom. The molecule has 0 aliphatic rings. The number of urea groups is 1. The zero-order valence-corrected chi connectivity index (χ0v) is 6.80. The Morgan fingerprint density at radius 1 is 1.30 bits per heavy atom. The number of carbonyl (C=O) groups excluding carboxylic acids is 1. The van der Waals surface area contributed by atoms with Gasteiger partial charge < -0.3 is 0 Å². The first-order chi connectivity index (χ1) is 4.57. The van der Waals surface area contributed by atoms with Crippen LogP contribution in [0.1, 0.15) is 0 Å². The van der Waals surface area contributed by atoms with Gasteiger partial charge in [0.15, 0.2) is 0 Å². The van der Waals surface area contributed by atoms with Crippen LogP contribution in [0.2, 0.25) is 0 Å². The van der Waals surface area contributed by atoms with Crippen LogP contribution in [0.3, 0.4) is 0 Å². The van der Waals surface area contributed by atoms with E-state index in [1.807, 2.05) is 0 Å². The molecule has 0 aliphatic heterocycles. The molecule has 0 aromatic heterocycles. The van der Waals surface area contributed by atoms with Crippen LogP contribution in [0.4, 0.5) is 4.79 Å². The average molecular weight is 146 g/mol. The van der Waals surface area contributed by atoms with E-state index in [0.717, 1.165) is 0 Å². The second-order valence-electron chi connectivity index (χ2n) is 2.09. The van der Waals surface area contributed by atoms with Crippen molar-refractivity contribution in [2.45, 2.75) is 0 Å². The Bertz CT molecular complexity index is 114. The first-order valence-electron chi connectivity index (χ1n) is 2.97. The molecule has 60 valence electrons. The minimum absolute atomic E-state index is 0.187. The average Bonchev–Trinajstić information content (AvgIpc) is 1.85. The van der Waals surface area contributed by atoms with Crippen molar-refractivity contribution >= 4 is 6.03 Å². The highest BCUT2D eigenvalue weighted by molar-refractivity contribution is 5.72. The van der Waals surface area contributed by atoms with Gasteiger partial charge in [0.25, 0.3) is 0 Å². The van der Waals surface area contributed by atoms with Gasteiger partial charge in [0, 0.05) is 28.2 Å². The zero-order chi connectivity index (χ0) is 8.15. The van der Waals surface area contributed by atoms with Gasteiger partial charge in [-0.15, -0.1) is 0 Å². The van der Waals surface area contributed by atoms with E-state index in [1.54, 1.807) is 33.2 Å². The van der Waals surface area contributed by atoms with Crippen molar-refractivity contribution in [1.29, 1.82) is 0 Å². The molecule has 0 spiro atoms. The van der Waals surface area contributed by atoms with Crippen molar-refractivity contribution < 1.29 is 4.79 Å². The Hall–Kier alpha value is -0.810. The Kier molecular flexibility index (Phi) is 3.75. The standard InChI is InChI=1S/C5H14N4O/c1-6-9(4)5(10)7-8(2)3/h6H,1-4H3,(H,7,10). The van der Waals surface area contributed by atoms with Crippen molar-refractivity contribution in [3.63, 3.8) is 0 Å². The fourth-order valence-electron chi connectivity index (χ4n) is 0.368. The third-order valence-corrected chi connectivity index (χ3v) is 0.959. The summed E-state index contributed by atoms with van der Waals surface area (Å²) in [6, 6.07) is -0.187. The third-order valence-electron chi connectivity index (χ3n) is 0.959. The number of rotatable bonds is 2. The highest BCUT2D eigenvalue weighted by Crippen LogP contribution is 1.75. The lowest BCUT2D eigenvalue weighted by molar-refractivity contribution is 0.166. The van der Waals surface area contributed by atoms with Gasteiger partial charge in [-0.2, -0.15) is 0 Å². The van der Waals surface area contributed by atoms with Gasteiger partial charge in [0.05, 0.1) is 0 Å². The van der Waals surface area contributed by atoms with Gasteiger partial charge in [-0.3, -0.25) is 10.4 Å². The van der Waals surface area contributed by atoms with Gasteiger partial charge in [0.1, 0.15) is 0 Å². The Morgan fingerprint density at radius 2 is 1.80 bits per heavy atom. The molecule has 0 heterocycles. The topological polar surface area (TPSA) is 47.6 Å². The maximum Gasteiger partial charge on any atom is 0.345 e. The maximum absolute atomic E-state index is 10.9. The van der Waals surface area contributed by atoms with Crippen LogP contribution < -0.4 is 10.9 Å². The lowest BCUT2D eigenvalue weighted by atomic mass is 10.9. The van der Waals surface area contributed by atoms with Crippen molar-refractivity contribution in [3.8, 4) is 0 Å². The molecule has 2 amide bonds. The molecule has 0 fully saturated rings. The fourth-order valence-corrected chi connectivity index (χ4v) is 0.368. The summed E-state index contributed by atoms with van der Waals surface area (Å²) < 4.78 is 0. The molecule has 2 N–H and O–H groups in total. The van der Waals surface area contributed by atoms with Gasteiger partial charge in [-0.1, -0.05) is 0 Å². The summed E-state index contributed by atoms with van der Waals surface area (Å²) in [4.78, 5) is 10.9. The zero-order valence-electron chi connectivity index (χ0n) is 6.80. The van der Waals surface area contributed by atoms with Gasteiger partial charge >= 0.3 is 6.03 Å². The largest absolute Gasteiger partial charge is 0.345 e. The van der Waals surface area contributed by atoms with Crippen LogP contribution in [-0.2, 0) is 0 Å². The van der Waals surface area contributed by atoms with Crippen molar-refractivity contribution in [3.05, 3.63) is 0 Å². The van der Waals surface area contributed by atoms with E-state index in [1.165, 1.54) is 5.01 Å². The second-order valence-corrected chi connectivity index (χ2v) is 2.09. The maximum atomic E-state index is 10.9. The van der Waals surface area contributed by atoms with E-state index in [4.69, 9.17) is 0 Å². The number of hydrazine groups is 2. The predicted molar refractivity (Wildman–Crippen MR) is 39.0 cm³/mol. The van der Waals surface area contributed by atoms with E-state index >= 15 is 0 Å². The van der Waals surface area contributed by atoms with E-state index in [2.05, 4.69) is 10.9 Å². The molecule has 0 aromatic rings. The number of hydrogen-bond acceptors (Lipinski definition) is 3. The summed E-state index contributed by atoms with van der Waals surface area (Å²) in [5.41, 5.74) is 5.22. The van der Waals surface area contributed by atoms with Gasteiger partial charge in [-0.05, 0) is 0 Å². The van der Waals surface area contributed by atoms with Crippen LogP contribution in [-0.4, -0.2) is 44.2 Å².